The molecule has 10 rings (SSSR count). The first-order chi connectivity index (χ1) is 37.2. The molecule has 6 aromatic heterocycles. The maximum absolute atomic E-state index is 14.2. The number of halogens is 3. The Balaban J connectivity index is 0.000000191. The van der Waals surface area contributed by atoms with E-state index in [1.807, 2.05) is 129 Å². The van der Waals surface area contributed by atoms with E-state index in [1.165, 1.54) is 18.6 Å². The van der Waals surface area contributed by atoms with Gasteiger partial charge in [-0.15, -0.1) is 0 Å². The van der Waals surface area contributed by atoms with Gasteiger partial charge >= 0.3 is 0 Å². The Morgan fingerprint density at radius 2 is 1.04 bits per heavy atom. The number of para-hydroxylation sites is 2. The van der Waals surface area contributed by atoms with Crippen LogP contribution < -0.4 is 38.0 Å². The first-order valence-electron chi connectivity index (χ1n) is 23.1. The summed E-state index contributed by atoms with van der Waals surface area (Å²) in [6.07, 6.45) is 9.05. The fourth-order valence-electron chi connectivity index (χ4n) is 8.53. The lowest BCUT2D eigenvalue weighted by Crippen LogP contribution is -2.26. The zero-order valence-electron chi connectivity index (χ0n) is 41.0. The maximum Gasteiger partial charge on any atom is 0.263 e. The van der Waals surface area contributed by atoms with E-state index in [1.54, 1.807) is 40.9 Å². The Labute approximate surface area is 466 Å². The molecular formula is C55H44Br3N14O4P. The van der Waals surface area contributed by atoms with Crippen LogP contribution in [0, 0.1) is 13.1 Å². The second-order valence-electron chi connectivity index (χ2n) is 16.7. The first kappa shape index (κ1) is 54.7. The van der Waals surface area contributed by atoms with E-state index >= 15 is 0 Å². The van der Waals surface area contributed by atoms with E-state index in [0.717, 1.165) is 21.9 Å². The molecule has 2 atom stereocenters. The number of nitrogen functional groups attached to an aromatic ring is 2. The van der Waals surface area contributed by atoms with Gasteiger partial charge in [-0.1, -0.05) is 72.8 Å². The Kier molecular flexibility index (Phi) is 17.6. The zero-order chi connectivity index (χ0) is 54.8. The van der Waals surface area contributed by atoms with Crippen molar-refractivity contribution in [2.24, 2.45) is 0 Å². The van der Waals surface area contributed by atoms with Crippen molar-refractivity contribution in [3.8, 4) is 45.1 Å². The average Bonchev–Trinajstić information content (AvgIpc) is 3.43. The highest BCUT2D eigenvalue weighted by Crippen LogP contribution is 2.59. The van der Waals surface area contributed by atoms with Crippen molar-refractivity contribution in [1.29, 1.82) is 0 Å². The van der Waals surface area contributed by atoms with Crippen molar-refractivity contribution in [2.45, 2.75) is 25.9 Å². The average molecular weight is 1240 g/mol. The van der Waals surface area contributed by atoms with Gasteiger partial charge in [0.1, 0.15) is 27.2 Å². The Morgan fingerprint density at radius 3 is 1.45 bits per heavy atom. The highest BCUT2D eigenvalue weighted by Gasteiger charge is 2.23. The van der Waals surface area contributed by atoms with Crippen LogP contribution in [-0.4, -0.2) is 51.3 Å². The number of aromatic hydroxyl groups is 1. The van der Waals surface area contributed by atoms with E-state index < -0.39 is 12.1 Å². The molecule has 22 heteroatoms. The molecule has 18 nitrogen and oxygen atoms in total. The summed E-state index contributed by atoms with van der Waals surface area (Å²) in [5, 5.41) is 19.0. The van der Waals surface area contributed by atoms with Crippen molar-refractivity contribution in [1.82, 2.24) is 39.0 Å². The summed E-state index contributed by atoms with van der Waals surface area (Å²) in [5.41, 5.74) is 17.2. The van der Waals surface area contributed by atoms with Crippen LogP contribution in [-0.2, 0) is 0 Å². The molecule has 0 unspecified atom stereocenters. The largest absolute Gasteiger partial charge is 0.506 e. The third-order valence-electron chi connectivity index (χ3n) is 11.9. The Hall–Kier alpha value is -8.59. The molecular weight excluding hydrogens is 1190 g/mol. The zero-order valence-corrected chi connectivity index (χ0v) is 46.7. The number of methoxy groups -OCH3 is 1. The van der Waals surface area contributed by atoms with Crippen LogP contribution in [0.2, 0.25) is 0 Å². The monoisotopic (exact) mass is 1230 g/mol. The van der Waals surface area contributed by atoms with Gasteiger partial charge in [-0.05, 0) is 131 Å². The molecule has 7 N–H and O–H groups in total. The van der Waals surface area contributed by atoms with Crippen LogP contribution >= 0.6 is 50.5 Å². The van der Waals surface area contributed by atoms with Gasteiger partial charge in [0.2, 0.25) is 23.3 Å². The third kappa shape index (κ3) is 12.6. The Bertz CT molecular complexity index is 3990. The van der Waals surface area contributed by atoms with Crippen molar-refractivity contribution < 1.29 is 9.84 Å². The van der Waals surface area contributed by atoms with Crippen LogP contribution in [0.25, 0.3) is 64.9 Å². The molecule has 384 valence electrons. The van der Waals surface area contributed by atoms with E-state index in [0.29, 0.717) is 56.2 Å². The topological polar surface area (TPSA) is 236 Å². The fourth-order valence-corrected chi connectivity index (χ4v) is 8.53. The highest BCUT2D eigenvalue weighted by molar-refractivity contribution is 9.93. The molecule has 10 aromatic rings. The summed E-state index contributed by atoms with van der Waals surface area (Å²) in [7, 11) is 1.58. The van der Waals surface area contributed by atoms with Gasteiger partial charge in [0.05, 0.1) is 55.5 Å². The summed E-state index contributed by atoms with van der Waals surface area (Å²) in [6.45, 7) is 18.7. The van der Waals surface area contributed by atoms with Gasteiger partial charge in [-0.25, -0.2) is 29.6 Å². The quantitative estimate of drug-likeness (QED) is 0.0599. The molecule has 0 aliphatic carbocycles. The number of pyridine rings is 4. The van der Waals surface area contributed by atoms with Gasteiger partial charge in [0.25, 0.3) is 11.1 Å². The Morgan fingerprint density at radius 1 is 0.610 bits per heavy atom. The summed E-state index contributed by atoms with van der Waals surface area (Å²) in [4.78, 5) is 59.8. The molecule has 0 radical (unpaired) electrons. The van der Waals surface area contributed by atoms with Gasteiger partial charge in [-0.3, -0.25) is 28.7 Å². The van der Waals surface area contributed by atoms with E-state index in [-0.39, 0.29) is 50.0 Å². The number of hydrogen-bond donors (Lipinski definition) is 5. The normalized spacial score (nSPS) is 11.5. The molecule has 0 bridgehead atoms. The molecule has 77 heavy (non-hydrogen) atoms. The summed E-state index contributed by atoms with van der Waals surface area (Å²) >= 11 is 9.51. The lowest BCUT2D eigenvalue weighted by molar-refractivity contribution is 0.413. The predicted molar refractivity (Wildman–Crippen MR) is 317 cm³/mol. The van der Waals surface area contributed by atoms with Crippen molar-refractivity contribution >= 4 is 107 Å². The van der Waals surface area contributed by atoms with E-state index in [4.69, 9.17) is 29.3 Å². The second-order valence-corrected chi connectivity index (χ2v) is 32.1. The molecule has 0 aliphatic heterocycles. The van der Waals surface area contributed by atoms with Crippen molar-refractivity contribution in [3.05, 3.63) is 213 Å². The molecule has 0 saturated heterocycles. The minimum absolute atomic E-state index is 0.0158. The second kappa shape index (κ2) is 24.8. The molecule has 0 spiro atoms. The molecule has 6 heterocycles. The van der Waals surface area contributed by atoms with Crippen molar-refractivity contribution in [3.63, 3.8) is 0 Å². The minimum atomic E-state index is -0.428. The SMILES string of the molecule is BrP(Br)Br.[C-]#[N+]c1cnc(N)nc1N[C@@H](C)c1cc2cccc(-c3cncc(O)c3)c2c(=O)n1-c1ccccc1.[C-]#[N+]c1cnc(N)nc1N[C@@H](C)c1cc2cccc(-c3cncc(OC)c3)c2c(=O)n1-c1ccccc1. The number of nitrogens with two attached hydrogens (primary N) is 2. The number of hydrogen-bond acceptors (Lipinski definition) is 14. The van der Waals surface area contributed by atoms with Gasteiger partial charge in [0, 0.05) is 58.7 Å². The number of aromatic nitrogens is 8. The van der Waals surface area contributed by atoms with E-state index in [9.17, 15) is 14.7 Å². The number of nitrogens with one attached hydrogen (secondary N) is 2. The van der Waals surface area contributed by atoms with Crippen LogP contribution in [0.5, 0.6) is 11.5 Å². The molecule has 0 saturated carbocycles. The number of nitrogens with zero attached hydrogens (tertiary/aromatic N) is 10. The molecule has 0 aliphatic rings. The standard InChI is InChI=1S/C28H23N7O2.C27H21N7O2.Br3P/c1-17(33-26-23(30-2)16-32-28(29)34-26)24-13-18-8-7-11-22(19-12-21(37-3)15-31-14-19)25(18)27(36)35(24)20-9-5-4-6-10-20;1-16(32-25-22(29-2)15-31-27(28)33-25)23-12-17-7-6-10-21(18-11-20(35)14-30-13-18)24(17)26(36)34(23)19-8-4-3-5-9-19;1-4(2)3/h4-17H,1,3H3,(H3,29,32,33,34);3-16,35H,1H3,(H3,28,31,32,33);/t17-;16-;/m00./s1. The lowest BCUT2D eigenvalue weighted by Gasteiger charge is -2.22. The molecule has 0 amide bonds. The fraction of sp³-hybridized carbons (Fsp3) is 0.0909. The molecule has 4 aromatic carbocycles. The lowest BCUT2D eigenvalue weighted by atomic mass is 9.98. The van der Waals surface area contributed by atoms with Gasteiger partial charge in [0.15, 0.2) is 0 Å². The van der Waals surface area contributed by atoms with Gasteiger partial charge < -0.3 is 31.9 Å². The smallest absolute Gasteiger partial charge is 0.263 e. The van der Waals surface area contributed by atoms with Crippen molar-refractivity contribution in [2.75, 3.05) is 29.2 Å². The third-order valence-corrected chi connectivity index (χ3v) is 11.9. The summed E-state index contributed by atoms with van der Waals surface area (Å²) in [5.74, 6) is 1.31. The predicted octanol–water partition coefficient (Wildman–Crippen LogP) is 13.4. The van der Waals surface area contributed by atoms with Gasteiger partial charge in [-0.2, -0.15) is 0 Å². The minimum Gasteiger partial charge on any atom is -0.506 e. The number of fused-ring (bicyclic) bond motifs is 2. The molecule has 0 fully saturated rings. The maximum atomic E-state index is 14.2. The summed E-state index contributed by atoms with van der Waals surface area (Å²) < 4.78 is 8.49. The van der Waals surface area contributed by atoms with Crippen LogP contribution in [0.1, 0.15) is 37.3 Å². The highest BCUT2D eigenvalue weighted by atomic mass is 80.0. The number of rotatable bonds is 11. The number of anilines is 4. The summed E-state index contributed by atoms with van der Waals surface area (Å²) in [6, 6.07) is 36.5. The van der Waals surface area contributed by atoms with E-state index in [2.05, 4.69) is 96.7 Å². The van der Waals surface area contributed by atoms with Crippen LogP contribution in [0.3, 0.4) is 0 Å². The number of ether oxygens (including phenoxy) is 1. The number of benzene rings is 4. The first-order valence-corrected chi connectivity index (χ1v) is 30.5. The van der Waals surface area contributed by atoms with Crippen LogP contribution in [0.15, 0.2) is 168 Å². The van der Waals surface area contributed by atoms with Crippen LogP contribution in [0.4, 0.5) is 34.9 Å².